The number of benzene rings is 2. The van der Waals surface area contributed by atoms with Crippen LogP contribution in [-0.4, -0.2) is 33.9 Å². The molecule has 0 saturated heterocycles. The maximum Gasteiger partial charge on any atom is 0.237 e. The molecule has 0 amide bonds. The quantitative estimate of drug-likeness (QED) is 0.394. The lowest BCUT2D eigenvalue weighted by Gasteiger charge is -2.10. The number of nitrogens with zero attached hydrogens (tertiary/aromatic N) is 4. The van der Waals surface area contributed by atoms with Crippen molar-refractivity contribution in [3.8, 4) is 28.6 Å². The summed E-state index contributed by atoms with van der Waals surface area (Å²) in [7, 11) is 3.20. The van der Waals surface area contributed by atoms with Crippen molar-refractivity contribution in [2.24, 2.45) is 0 Å². The predicted molar refractivity (Wildman–Crippen MR) is 115 cm³/mol. The summed E-state index contributed by atoms with van der Waals surface area (Å²) in [5, 5.41) is 4.97. The third-order valence-corrected chi connectivity index (χ3v) is 5.60. The van der Waals surface area contributed by atoms with Crippen LogP contribution in [0.15, 0.2) is 58.5 Å². The first kappa shape index (κ1) is 20.0. The van der Waals surface area contributed by atoms with Crippen LogP contribution in [0.5, 0.6) is 11.5 Å². The molecule has 4 aromatic rings. The highest BCUT2D eigenvalue weighted by molar-refractivity contribution is 7.98. The summed E-state index contributed by atoms with van der Waals surface area (Å²) < 4.78 is 18.1. The van der Waals surface area contributed by atoms with Crippen LogP contribution in [0.1, 0.15) is 17.0 Å². The molecule has 7 nitrogen and oxygen atoms in total. The lowest BCUT2D eigenvalue weighted by atomic mass is 10.1. The van der Waals surface area contributed by atoms with Crippen LogP contribution >= 0.6 is 11.8 Å². The number of aryl methyl sites for hydroxylation is 2. The fraction of sp³-hybridized carbons (Fsp3) is 0.227. The van der Waals surface area contributed by atoms with Gasteiger partial charge in [0.05, 0.1) is 25.7 Å². The normalized spacial score (nSPS) is 10.9. The van der Waals surface area contributed by atoms with Crippen LogP contribution in [0.25, 0.3) is 17.1 Å². The van der Waals surface area contributed by atoms with E-state index in [0.717, 1.165) is 16.4 Å². The van der Waals surface area contributed by atoms with Crippen molar-refractivity contribution in [1.29, 1.82) is 0 Å². The first-order valence-electron chi connectivity index (χ1n) is 9.38. The van der Waals surface area contributed by atoms with Crippen molar-refractivity contribution in [2.75, 3.05) is 14.2 Å². The summed E-state index contributed by atoms with van der Waals surface area (Å²) >= 11 is 1.55. The molecule has 0 aliphatic carbocycles. The minimum atomic E-state index is 0.504. The Balaban J connectivity index is 1.50. The van der Waals surface area contributed by atoms with Gasteiger partial charge < -0.3 is 14.0 Å². The van der Waals surface area contributed by atoms with Gasteiger partial charge in [-0.1, -0.05) is 34.6 Å². The zero-order chi connectivity index (χ0) is 21.1. The SMILES string of the molecule is COc1ccc(-c2noc(CSc3nccn3-c3ccc(C)cc3C)n2)cc1OC. The minimum absolute atomic E-state index is 0.504. The monoisotopic (exact) mass is 422 g/mol. The Morgan fingerprint density at radius 3 is 2.63 bits per heavy atom. The molecule has 0 bridgehead atoms. The second kappa shape index (κ2) is 8.62. The summed E-state index contributed by atoms with van der Waals surface area (Å²) in [6.07, 6.45) is 3.76. The molecule has 0 radical (unpaired) electrons. The molecule has 0 saturated carbocycles. The van der Waals surface area contributed by atoms with E-state index in [9.17, 15) is 0 Å². The number of hydrogen-bond acceptors (Lipinski definition) is 7. The lowest BCUT2D eigenvalue weighted by Crippen LogP contribution is -1.98. The number of imidazole rings is 1. The smallest absolute Gasteiger partial charge is 0.237 e. The molecule has 2 heterocycles. The molecule has 8 heteroatoms. The topological polar surface area (TPSA) is 75.2 Å². The highest BCUT2D eigenvalue weighted by atomic mass is 32.2. The Bertz CT molecular complexity index is 1170. The maximum atomic E-state index is 5.44. The third kappa shape index (κ3) is 4.04. The van der Waals surface area contributed by atoms with E-state index in [-0.39, 0.29) is 0 Å². The Morgan fingerprint density at radius 2 is 1.87 bits per heavy atom. The standard InChI is InChI=1S/C22H22N4O3S/c1-14-5-7-17(15(2)11-14)26-10-9-23-22(26)30-13-20-24-21(25-29-20)16-6-8-18(27-3)19(12-16)28-4/h5-12H,13H2,1-4H3. The zero-order valence-electron chi connectivity index (χ0n) is 17.2. The van der Waals surface area contributed by atoms with Crippen molar-refractivity contribution >= 4 is 11.8 Å². The number of aromatic nitrogens is 4. The van der Waals surface area contributed by atoms with E-state index in [0.29, 0.717) is 29.0 Å². The van der Waals surface area contributed by atoms with Gasteiger partial charge in [0.2, 0.25) is 11.7 Å². The number of ether oxygens (including phenoxy) is 2. The fourth-order valence-corrected chi connectivity index (χ4v) is 3.99. The molecule has 0 aliphatic rings. The van der Waals surface area contributed by atoms with Crippen LogP contribution in [0.3, 0.4) is 0 Å². The molecule has 0 aliphatic heterocycles. The van der Waals surface area contributed by atoms with Gasteiger partial charge in [-0.3, -0.25) is 4.57 Å². The Morgan fingerprint density at radius 1 is 1.03 bits per heavy atom. The summed E-state index contributed by atoms with van der Waals surface area (Å²) in [5.41, 5.74) is 4.34. The van der Waals surface area contributed by atoms with Crippen LogP contribution < -0.4 is 9.47 Å². The summed E-state index contributed by atoms with van der Waals surface area (Å²) in [6.45, 7) is 4.19. The van der Waals surface area contributed by atoms with Crippen LogP contribution in [0.2, 0.25) is 0 Å². The third-order valence-electron chi connectivity index (χ3n) is 4.65. The molecule has 30 heavy (non-hydrogen) atoms. The average molecular weight is 423 g/mol. The van der Waals surface area contributed by atoms with Gasteiger partial charge in [-0.25, -0.2) is 4.98 Å². The second-order valence-corrected chi connectivity index (χ2v) is 7.68. The molecule has 2 aromatic heterocycles. The Kier molecular flexibility index (Phi) is 5.76. The number of methoxy groups -OCH3 is 2. The van der Waals surface area contributed by atoms with Crippen LogP contribution in [-0.2, 0) is 5.75 Å². The molecule has 154 valence electrons. The van der Waals surface area contributed by atoms with Gasteiger partial charge >= 0.3 is 0 Å². The van der Waals surface area contributed by atoms with Gasteiger partial charge in [-0.15, -0.1) is 0 Å². The van der Waals surface area contributed by atoms with E-state index >= 15 is 0 Å². The van der Waals surface area contributed by atoms with Crippen molar-refractivity contribution < 1.29 is 14.0 Å². The van der Waals surface area contributed by atoms with E-state index in [1.807, 2.05) is 24.4 Å². The average Bonchev–Trinajstić information content (AvgIpc) is 3.41. The van der Waals surface area contributed by atoms with E-state index < -0.39 is 0 Å². The van der Waals surface area contributed by atoms with Crippen molar-refractivity contribution in [3.63, 3.8) is 0 Å². The zero-order valence-corrected chi connectivity index (χ0v) is 18.1. The van der Waals surface area contributed by atoms with Gasteiger partial charge in [-0.2, -0.15) is 4.98 Å². The first-order chi connectivity index (χ1) is 14.6. The lowest BCUT2D eigenvalue weighted by molar-refractivity contribution is 0.355. The molecule has 4 rings (SSSR count). The van der Waals surface area contributed by atoms with Gasteiger partial charge in [0.15, 0.2) is 16.7 Å². The number of rotatable bonds is 7. The first-order valence-corrected chi connectivity index (χ1v) is 10.4. The fourth-order valence-electron chi connectivity index (χ4n) is 3.19. The van der Waals surface area contributed by atoms with Gasteiger partial charge in [-0.05, 0) is 43.7 Å². The van der Waals surface area contributed by atoms with E-state index in [1.165, 1.54) is 11.1 Å². The van der Waals surface area contributed by atoms with Gasteiger partial charge in [0.1, 0.15) is 0 Å². The predicted octanol–water partition coefficient (Wildman–Crippen LogP) is 4.85. The highest BCUT2D eigenvalue weighted by Gasteiger charge is 2.14. The molecule has 0 unspecified atom stereocenters. The largest absolute Gasteiger partial charge is 0.493 e. The molecule has 0 N–H and O–H groups in total. The van der Waals surface area contributed by atoms with Gasteiger partial charge in [0, 0.05) is 18.0 Å². The molecular formula is C22H22N4O3S. The van der Waals surface area contributed by atoms with Crippen LogP contribution in [0, 0.1) is 13.8 Å². The second-order valence-electron chi connectivity index (χ2n) is 6.74. The van der Waals surface area contributed by atoms with E-state index in [2.05, 4.69) is 51.7 Å². The summed E-state index contributed by atoms with van der Waals surface area (Å²) in [4.78, 5) is 8.99. The highest BCUT2D eigenvalue weighted by Crippen LogP contribution is 2.32. The van der Waals surface area contributed by atoms with Crippen molar-refractivity contribution in [3.05, 3.63) is 65.8 Å². The van der Waals surface area contributed by atoms with E-state index in [4.69, 9.17) is 14.0 Å². The molecule has 0 spiro atoms. The van der Waals surface area contributed by atoms with E-state index in [1.54, 1.807) is 32.2 Å². The Labute approximate surface area is 179 Å². The summed E-state index contributed by atoms with van der Waals surface area (Å²) in [6, 6.07) is 11.9. The van der Waals surface area contributed by atoms with Crippen molar-refractivity contribution in [2.45, 2.75) is 24.8 Å². The molecular weight excluding hydrogens is 400 g/mol. The number of hydrogen-bond donors (Lipinski definition) is 0. The van der Waals surface area contributed by atoms with Gasteiger partial charge in [0.25, 0.3) is 0 Å². The molecule has 2 aromatic carbocycles. The van der Waals surface area contributed by atoms with Crippen LogP contribution in [0.4, 0.5) is 0 Å². The molecule has 0 atom stereocenters. The Hall–Kier alpha value is -3.26. The van der Waals surface area contributed by atoms with Crippen molar-refractivity contribution in [1.82, 2.24) is 19.7 Å². The molecule has 0 fully saturated rings. The maximum absolute atomic E-state index is 5.44. The minimum Gasteiger partial charge on any atom is -0.493 e. The summed E-state index contributed by atoms with van der Waals surface area (Å²) in [5.74, 6) is 2.82. The number of thioether (sulfide) groups is 1.